The lowest BCUT2D eigenvalue weighted by atomic mass is 10.2. The number of hydrogen-bond acceptors (Lipinski definition) is 4. The first-order valence-electron chi connectivity index (χ1n) is 9.21. The van der Waals surface area contributed by atoms with Crippen LogP contribution in [-0.2, 0) is 14.8 Å². The van der Waals surface area contributed by atoms with Gasteiger partial charge < -0.3 is 4.90 Å². The highest BCUT2D eigenvalue weighted by molar-refractivity contribution is 7.89. The maximum atomic E-state index is 12.8. The highest BCUT2D eigenvalue weighted by Gasteiger charge is 2.29. The average Bonchev–Trinajstić information content (AvgIpc) is 2.74. The van der Waals surface area contributed by atoms with Gasteiger partial charge in [-0.2, -0.15) is 4.31 Å². The number of halogens is 2. The van der Waals surface area contributed by atoms with Crippen LogP contribution in [0.1, 0.15) is 22.8 Å². The minimum atomic E-state index is -3.68. The SMILES string of the molecule is CC(=O)c1ccc(S(=O)(=O)N2CCN(C(=O)/C=C/c3ccc(Cl)c(Cl)c3)CC2)cc1. The summed E-state index contributed by atoms with van der Waals surface area (Å²) in [5, 5.41) is 0.842. The Morgan fingerprint density at radius 3 is 2.13 bits per heavy atom. The molecule has 30 heavy (non-hydrogen) atoms. The number of amides is 1. The van der Waals surface area contributed by atoms with Crippen LogP contribution in [0.5, 0.6) is 0 Å². The summed E-state index contributed by atoms with van der Waals surface area (Å²) >= 11 is 11.9. The van der Waals surface area contributed by atoms with Gasteiger partial charge in [-0.25, -0.2) is 8.42 Å². The molecule has 0 spiro atoms. The summed E-state index contributed by atoms with van der Waals surface area (Å²) in [4.78, 5) is 25.5. The van der Waals surface area contributed by atoms with E-state index in [2.05, 4.69) is 0 Å². The van der Waals surface area contributed by atoms with Crippen LogP contribution in [0.15, 0.2) is 53.4 Å². The maximum Gasteiger partial charge on any atom is 0.246 e. The summed E-state index contributed by atoms with van der Waals surface area (Å²) in [7, 11) is -3.68. The number of carbonyl (C=O) groups is 2. The Morgan fingerprint density at radius 1 is 0.933 bits per heavy atom. The molecule has 0 unspecified atom stereocenters. The molecule has 0 N–H and O–H groups in total. The molecule has 2 aromatic carbocycles. The summed E-state index contributed by atoms with van der Waals surface area (Å²) < 4.78 is 27.0. The molecule has 1 aliphatic rings. The quantitative estimate of drug-likeness (QED) is 0.496. The van der Waals surface area contributed by atoms with Crippen molar-refractivity contribution in [1.29, 1.82) is 0 Å². The van der Waals surface area contributed by atoms with Gasteiger partial charge in [0.1, 0.15) is 0 Å². The fraction of sp³-hybridized carbons (Fsp3) is 0.238. The summed E-state index contributed by atoms with van der Waals surface area (Å²) in [6.45, 7) is 2.40. The molecule has 1 heterocycles. The summed E-state index contributed by atoms with van der Waals surface area (Å²) in [6, 6.07) is 10.9. The van der Waals surface area contributed by atoms with E-state index in [0.717, 1.165) is 5.56 Å². The first kappa shape index (κ1) is 22.5. The van der Waals surface area contributed by atoms with Crippen molar-refractivity contribution in [1.82, 2.24) is 9.21 Å². The van der Waals surface area contributed by atoms with Gasteiger partial charge in [0.25, 0.3) is 0 Å². The molecular formula is C21H20Cl2N2O4S. The first-order valence-corrected chi connectivity index (χ1v) is 11.4. The molecule has 0 aromatic heterocycles. The van der Waals surface area contributed by atoms with Crippen LogP contribution in [0.25, 0.3) is 6.08 Å². The van der Waals surface area contributed by atoms with Crippen LogP contribution < -0.4 is 0 Å². The van der Waals surface area contributed by atoms with E-state index in [1.54, 1.807) is 29.2 Å². The van der Waals surface area contributed by atoms with Crippen LogP contribution in [0.4, 0.5) is 0 Å². The van der Waals surface area contributed by atoms with E-state index < -0.39 is 10.0 Å². The number of ketones is 1. The largest absolute Gasteiger partial charge is 0.337 e. The number of benzene rings is 2. The molecule has 1 amide bonds. The van der Waals surface area contributed by atoms with Gasteiger partial charge in [-0.3, -0.25) is 9.59 Å². The number of piperazine rings is 1. The Labute approximate surface area is 185 Å². The van der Waals surface area contributed by atoms with Crippen molar-refractivity contribution in [3.63, 3.8) is 0 Å². The molecule has 3 rings (SSSR count). The Hall–Kier alpha value is -2.19. The van der Waals surface area contributed by atoms with Gasteiger partial charge in [0.05, 0.1) is 14.9 Å². The minimum absolute atomic E-state index is 0.125. The van der Waals surface area contributed by atoms with E-state index in [0.29, 0.717) is 15.6 Å². The zero-order valence-corrected chi connectivity index (χ0v) is 18.5. The van der Waals surface area contributed by atoms with Crippen molar-refractivity contribution >= 4 is 51.0 Å². The highest BCUT2D eigenvalue weighted by atomic mass is 35.5. The Kier molecular flexibility index (Phi) is 6.98. The van der Waals surface area contributed by atoms with Gasteiger partial charge in [0, 0.05) is 37.8 Å². The summed E-state index contributed by atoms with van der Waals surface area (Å²) in [6.07, 6.45) is 3.08. The zero-order chi connectivity index (χ0) is 21.9. The van der Waals surface area contributed by atoms with Crippen molar-refractivity contribution in [2.45, 2.75) is 11.8 Å². The molecule has 2 aromatic rings. The molecule has 0 aliphatic carbocycles. The van der Waals surface area contributed by atoms with Gasteiger partial charge in [0.2, 0.25) is 15.9 Å². The van der Waals surface area contributed by atoms with Crippen LogP contribution in [0, 0.1) is 0 Å². The number of rotatable bonds is 5. The predicted molar refractivity (Wildman–Crippen MR) is 117 cm³/mol. The second-order valence-electron chi connectivity index (χ2n) is 6.82. The van der Waals surface area contributed by atoms with Gasteiger partial charge in [-0.1, -0.05) is 41.4 Å². The van der Waals surface area contributed by atoms with Crippen LogP contribution in [-0.4, -0.2) is 55.5 Å². The summed E-state index contributed by atoms with van der Waals surface area (Å²) in [5.74, 6) is -0.330. The monoisotopic (exact) mass is 466 g/mol. The molecule has 9 heteroatoms. The average molecular weight is 467 g/mol. The van der Waals surface area contributed by atoms with Crippen molar-refractivity contribution in [3.8, 4) is 0 Å². The third-order valence-corrected chi connectivity index (χ3v) is 7.46. The Balaban J connectivity index is 1.61. The highest BCUT2D eigenvalue weighted by Crippen LogP contribution is 2.23. The Morgan fingerprint density at radius 2 is 1.57 bits per heavy atom. The predicted octanol–water partition coefficient (Wildman–Crippen LogP) is 3.74. The molecule has 1 saturated heterocycles. The number of hydrogen-bond donors (Lipinski definition) is 0. The van der Waals surface area contributed by atoms with Crippen molar-refractivity contribution in [3.05, 3.63) is 69.7 Å². The molecule has 158 valence electrons. The molecule has 0 radical (unpaired) electrons. The number of carbonyl (C=O) groups excluding carboxylic acids is 2. The third kappa shape index (κ3) is 5.10. The minimum Gasteiger partial charge on any atom is -0.337 e. The van der Waals surface area contributed by atoms with E-state index in [1.165, 1.54) is 41.6 Å². The summed E-state index contributed by atoms with van der Waals surface area (Å²) in [5.41, 5.74) is 1.20. The molecular weight excluding hydrogens is 447 g/mol. The van der Waals surface area contributed by atoms with Crippen LogP contribution in [0.2, 0.25) is 10.0 Å². The van der Waals surface area contributed by atoms with Crippen LogP contribution in [0.3, 0.4) is 0 Å². The lowest BCUT2D eigenvalue weighted by Crippen LogP contribution is -2.50. The molecule has 0 atom stereocenters. The van der Waals surface area contributed by atoms with E-state index in [4.69, 9.17) is 23.2 Å². The fourth-order valence-electron chi connectivity index (χ4n) is 3.05. The second-order valence-corrected chi connectivity index (χ2v) is 9.57. The topological polar surface area (TPSA) is 74.8 Å². The van der Waals surface area contributed by atoms with Crippen molar-refractivity contribution < 1.29 is 18.0 Å². The molecule has 0 bridgehead atoms. The fourth-order valence-corrected chi connectivity index (χ4v) is 4.78. The zero-order valence-electron chi connectivity index (χ0n) is 16.2. The first-order chi connectivity index (χ1) is 14.2. The van der Waals surface area contributed by atoms with Gasteiger partial charge in [-0.15, -0.1) is 0 Å². The number of sulfonamides is 1. The third-order valence-electron chi connectivity index (χ3n) is 4.81. The van der Waals surface area contributed by atoms with Gasteiger partial charge in [-0.05, 0) is 42.8 Å². The maximum absolute atomic E-state index is 12.8. The van der Waals surface area contributed by atoms with Gasteiger partial charge in [0.15, 0.2) is 5.78 Å². The molecule has 6 nitrogen and oxygen atoms in total. The van der Waals surface area contributed by atoms with Crippen molar-refractivity contribution in [2.24, 2.45) is 0 Å². The van der Waals surface area contributed by atoms with Crippen molar-refractivity contribution in [2.75, 3.05) is 26.2 Å². The smallest absolute Gasteiger partial charge is 0.246 e. The van der Waals surface area contributed by atoms with E-state index >= 15 is 0 Å². The lowest BCUT2D eigenvalue weighted by molar-refractivity contribution is -0.127. The van der Waals surface area contributed by atoms with E-state index in [1.807, 2.05) is 0 Å². The molecule has 1 fully saturated rings. The Bertz CT molecular complexity index is 1090. The number of Topliss-reactive ketones (excluding diaryl/α,β-unsaturated/α-hetero) is 1. The van der Waals surface area contributed by atoms with E-state index in [9.17, 15) is 18.0 Å². The molecule has 1 aliphatic heterocycles. The standard InChI is InChI=1S/C21H20Cl2N2O4S/c1-15(26)17-4-6-18(7-5-17)30(28,29)25-12-10-24(11-13-25)21(27)9-3-16-2-8-19(22)20(23)14-16/h2-9,14H,10-13H2,1H3/b9-3+. The number of nitrogens with zero attached hydrogens (tertiary/aromatic N) is 2. The second kappa shape index (κ2) is 9.31. The molecule has 0 saturated carbocycles. The van der Waals surface area contributed by atoms with E-state index in [-0.39, 0.29) is 42.8 Å². The van der Waals surface area contributed by atoms with Crippen LogP contribution >= 0.6 is 23.2 Å². The normalized spacial score (nSPS) is 15.5. The lowest BCUT2D eigenvalue weighted by Gasteiger charge is -2.33. The van der Waals surface area contributed by atoms with Gasteiger partial charge >= 0.3 is 0 Å².